The highest BCUT2D eigenvalue weighted by molar-refractivity contribution is 6.32. The van der Waals surface area contributed by atoms with E-state index in [0.29, 0.717) is 96.2 Å². The SMILES string of the molecule is Cc1nccc(/C=C/C(=O)Oc2cc(Cl)c(C3CC3)c(-c3ncc4c(N5CCN(C(=O)/C=C/c6ccnc(C)n6)C6(COC6)C5)nc(OC[C@@]56CCCN5C[C@H](F)C6)nc4c3F)c2)n1. The molecule has 1 saturated carbocycles. The number of amides is 1. The molecule has 5 aliphatic rings. The van der Waals surface area contributed by atoms with E-state index in [-0.39, 0.29) is 41.4 Å². The van der Waals surface area contributed by atoms with Gasteiger partial charge in [0.15, 0.2) is 5.82 Å². The highest BCUT2D eigenvalue weighted by atomic mass is 35.5. The summed E-state index contributed by atoms with van der Waals surface area (Å²) in [4.78, 5) is 63.9. The van der Waals surface area contributed by atoms with Crippen LogP contribution < -0.4 is 14.4 Å². The minimum absolute atomic E-state index is 0.0293. The standard InChI is InChI=1S/C46H45ClF2N10O5/c1-27-50-13-10-31(53-27)6-8-37(60)59-17-16-57(23-46(59)24-62-25-46)43-35-21-52-41(40(49)42(35)55-44(56-43)63-26-45-12-3-15-58(45)22-30(48)20-45)34-18-33(19-36(47)39(34)29-4-5-29)64-38(61)9-7-32-11-14-51-28(2)54-32/h6-11,13-14,18-19,21,29-30H,3-5,12,15-17,20,22-26H2,1-2H3/b8-6+,9-7+/t30-,45+/m1/s1. The molecule has 4 saturated heterocycles. The molecule has 0 radical (unpaired) electrons. The van der Waals surface area contributed by atoms with Gasteiger partial charge in [-0.25, -0.2) is 33.5 Å². The van der Waals surface area contributed by atoms with Crippen molar-refractivity contribution in [1.29, 1.82) is 0 Å². The smallest absolute Gasteiger partial charge is 0.336 e. The molecular weight excluding hydrogens is 846 g/mol. The van der Waals surface area contributed by atoms with Crippen molar-refractivity contribution in [2.24, 2.45) is 0 Å². The second-order valence-corrected chi connectivity index (χ2v) is 17.7. The summed E-state index contributed by atoms with van der Waals surface area (Å²) >= 11 is 6.90. The van der Waals surface area contributed by atoms with Crippen LogP contribution in [0.15, 0.2) is 55.0 Å². The lowest BCUT2D eigenvalue weighted by Crippen LogP contribution is -2.72. The zero-order valence-corrected chi connectivity index (χ0v) is 36.1. The Morgan fingerprint density at radius 3 is 2.42 bits per heavy atom. The highest BCUT2D eigenvalue weighted by Gasteiger charge is 2.51. The first-order chi connectivity index (χ1) is 31.0. The van der Waals surface area contributed by atoms with Crippen LogP contribution in [0.1, 0.15) is 66.6 Å². The molecule has 0 bridgehead atoms. The molecule has 1 aromatic carbocycles. The predicted molar refractivity (Wildman–Crippen MR) is 233 cm³/mol. The van der Waals surface area contributed by atoms with Gasteiger partial charge in [-0.05, 0) is 94.0 Å². The number of carbonyl (C=O) groups is 2. The molecule has 64 heavy (non-hydrogen) atoms. The van der Waals surface area contributed by atoms with Gasteiger partial charge in [-0.2, -0.15) is 9.97 Å². The summed E-state index contributed by atoms with van der Waals surface area (Å²) < 4.78 is 50.1. The van der Waals surface area contributed by atoms with Crippen LogP contribution in [0.4, 0.5) is 14.6 Å². The fraction of sp³-hybridized carbons (Fsp3) is 0.413. The Balaban J connectivity index is 1.00. The van der Waals surface area contributed by atoms with E-state index in [1.165, 1.54) is 18.2 Å². The van der Waals surface area contributed by atoms with Crippen LogP contribution >= 0.6 is 11.6 Å². The molecule has 18 heteroatoms. The number of halogens is 3. The predicted octanol–water partition coefficient (Wildman–Crippen LogP) is 6.26. The average Bonchev–Trinajstić information content (AvgIpc) is 3.95. The van der Waals surface area contributed by atoms with Gasteiger partial charge in [-0.3, -0.25) is 14.7 Å². The van der Waals surface area contributed by atoms with Crippen molar-refractivity contribution < 1.29 is 32.6 Å². The summed E-state index contributed by atoms with van der Waals surface area (Å²) in [6.45, 7) is 6.38. The third kappa shape index (κ3) is 8.16. The van der Waals surface area contributed by atoms with E-state index in [1.807, 2.05) is 9.80 Å². The summed E-state index contributed by atoms with van der Waals surface area (Å²) in [5.74, 6) is 0.0926. The van der Waals surface area contributed by atoms with Crippen LogP contribution in [-0.2, 0) is 14.3 Å². The molecule has 5 fully saturated rings. The molecule has 4 aromatic heterocycles. The first-order valence-corrected chi connectivity index (χ1v) is 21.9. The van der Waals surface area contributed by atoms with Crippen molar-refractivity contribution in [3.8, 4) is 23.0 Å². The van der Waals surface area contributed by atoms with E-state index >= 15 is 4.39 Å². The number of hydrogen-bond acceptors (Lipinski definition) is 14. The third-order valence-electron chi connectivity index (χ3n) is 12.8. The number of pyridine rings is 1. The molecule has 0 unspecified atom stereocenters. The highest BCUT2D eigenvalue weighted by Crippen LogP contribution is 2.50. The van der Waals surface area contributed by atoms with E-state index in [9.17, 15) is 14.0 Å². The number of nitrogens with zero attached hydrogens (tertiary/aromatic N) is 10. The van der Waals surface area contributed by atoms with Gasteiger partial charge in [-0.15, -0.1) is 0 Å². The summed E-state index contributed by atoms with van der Waals surface area (Å²) in [5, 5.41) is 0.650. The van der Waals surface area contributed by atoms with Crippen molar-refractivity contribution >= 4 is 52.4 Å². The summed E-state index contributed by atoms with van der Waals surface area (Å²) in [6, 6.07) is 6.47. The Kier molecular flexibility index (Phi) is 11.0. The van der Waals surface area contributed by atoms with Crippen molar-refractivity contribution in [3.05, 3.63) is 94.4 Å². The van der Waals surface area contributed by atoms with E-state index < -0.39 is 29.0 Å². The topological polar surface area (TPSA) is 162 Å². The van der Waals surface area contributed by atoms with Crippen molar-refractivity contribution in [1.82, 2.24) is 44.7 Å². The third-order valence-corrected chi connectivity index (χ3v) is 13.1. The number of rotatable bonds is 11. The number of anilines is 1. The molecule has 15 nitrogen and oxygen atoms in total. The fourth-order valence-corrected chi connectivity index (χ4v) is 9.93. The summed E-state index contributed by atoms with van der Waals surface area (Å²) in [5.41, 5.74) is 0.959. The molecule has 5 aromatic rings. The minimum Gasteiger partial charge on any atom is -0.461 e. The molecule has 2 atom stereocenters. The van der Waals surface area contributed by atoms with E-state index in [0.717, 1.165) is 32.2 Å². The zero-order chi connectivity index (χ0) is 44.2. The first kappa shape index (κ1) is 41.9. The fourth-order valence-electron chi connectivity index (χ4n) is 9.57. The Morgan fingerprint density at radius 1 is 0.969 bits per heavy atom. The molecule has 1 aliphatic carbocycles. The second-order valence-electron chi connectivity index (χ2n) is 17.3. The number of esters is 1. The van der Waals surface area contributed by atoms with Gasteiger partial charge in [-0.1, -0.05) is 11.6 Å². The largest absolute Gasteiger partial charge is 0.461 e. The van der Waals surface area contributed by atoms with Gasteiger partial charge in [0.2, 0.25) is 5.91 Å². The molecule has 1 spiro atoms. The van der Waals surface area contributed by atoms with Gasteiger partial charge >= 0.3 is 12.0 Å². The molecule has 1 amide bonds. The number of aromatic nitrogens is 7. The second kappa shape index (κ2) is 16.8. The lowest BCUT2D eigenvalue weighted by molar-refractivity contribution is -0.164. The lowest BCUT2D eigenvalue weighted by Gasteiger charge is -2.55. The maximum Gasteiger partial charge on any atom is 0.336 e. The van der Waals surface area contributed by atoms with Crippen LogP contribution in [0.25, 0.3) is 34.3 Å². The first-order valence-electron chi connectivity index (χ1n) is 21.5. The monoisotopic (exact) mass is 890 g/mol. The summed E-state index contributed by atoms with van der Waals surface area (Å²) in [6.07, 6.45) is 13.5. The minimum atomic E-state index is -0.968. The van der Waals surface area contributed by atoms with Crippen LogP contribution in [-0.4, -0.2) is 126 Å². The maximum atomic E-state index is 17.5. The normalized spacial score (nSPS) is 21.9. The Bertz CT molecular complexity index is 2730. The van der Waals surface area contributed by atoms with Gasteiger partial charge in [0.05, 0.1) is 35.5 Å². The Hall–Kier alpha value is -6.04. The Labute approximate surface area is 372 Å². The zero-order valence-electron chi connectivity index (χ0n) is 35.3. The van der Waals surface area contributed by atoms with E-state index in [1.54, 1.807) is 62.8 Å². The molecular formula is C46H45ClF2N10O5. The van der Waals surface area contributed by atoms with Crippen LogP contribution in [0.5, 0.6) is 11.8 Å². The molecule has 4 aliphatic heterocycles. The number of aryl methyl sites for hydroxylation is 2. The number of benzene rings is 1. The number of alkyl halides is 1. The molecule has 330 valence electrons. The van der Waals surface area contributed by atoms with Gasteiger partial charge in [0.25, 0.3) is 0 Å². The van der Waals surface area contributed by atoms with Crippen LogP contribution in [0, 0.1) is 19.7 Å². The average molecular weight is 891 g/mol. The molecule has 10 rings (SSSR count). The van der Waals surface area contributed by atoms with Gasteiger partial charge < -0.3 is 24.0 Å². The molecule has 8 heterocycles. The molecule has 0 N–H and O–H groups in total. The maximum absolute atomic E-state index is 17.5. The summed E-state index contributed by atoms with van der Waals surface area (Å²) in [7, 11) is 0. The number of carbonyl (C=O) groups excluding carboxylic acids is 2. The Morgan fingerprint density at radius 2 is 1.72 bits per heavy atom. The van der Waals surface area contributed by atoms with Crippen molar-refractivity contribution in [2.75, 3.05) is 57.4 Å². The number of fused-ring (bicyclic) bond motifs is 2. The van der Waals surface area contributed by atoms with E-state index in [2.05, 4.69) is 29.8 Å². The van der Waals surface area contributed by atoms with Gasteiger partial charge in [0, 0.05) is 73.9 Å². The van der Waals surface area contributed by atoms with Gasteiger partial charge in [0.1, 0.15) is 52.7 Å². The number of ether oxygens (including phenoxy) is 3. The quantitative estimate of drug-likeness (QED) is 0.0830. The van der Waals surface area contributed by atoms with Crippen molar-refractivity contribution in [3.63, 3.8) is 0 Å². The lowest BCUT2D eigenvalue weighted by atomic mass is 9.91. The van der Waals surface area contributed by atoms with Crippen LogP contribution in [0.2, 0.25) is 5.02 Å². The number of piperazine rings is 1. The number of hydrogen-bond donors (Lipinski definition) is 0. The van der Waals surface area contributed by atoms with Crippen molar-refractivity contribution in [2.45, 2.75) is 69.1 Å². The van der Waals surface area contributed by atoms with E-state index in [4.69, 9.17) is 35.8 Å². The van der Waals surface area contributed by atoms with Crippen LogP contribution in [0.3, 0.4) is 0 Å².